The van der Waals surface area contributed by atoms with Crippen molar-refractivity contribution >= 4 is 11.9 Å². The molecule has 1 N–H and O–H groups in total. The lowest BCUT2D eigenvalue weighted by Crippen LogP contribution is -2.29. The van der Waals surface area contributed by atoms with Crippen LogP contribution >= 0.6 is 0 Å². The molecule has 0 aromatic carbocycles. The molecule has 124 valence electrons. The van der Waals surface area contributed by atoms with Gasteiger partial charge in [-0.15, -0.1) is 0 Å². The third-order valence-corrected chi connectivity index (χ3v) is 5.99. The molecule has 0 spiro atoms. The summed E-state index contributed by atoms with van der Waals surface area (Å²) in [6, 6.07) is 0. The zero-order valence-electron chi connectivity index (χ0n) is 13.5. The predicted molar refractivity (Wildman–Crippen MR) is 84.3 cm³/mol. The Kier molecular flexibility index (Phi) is 5.04. The van der Waals surface area contributed by atoms with E-state index in [0.29, 0.717) is 25.4 Å². The first-order valence-corrected chi connectivity index (χ1v) is 9.15. The Morgan fingerprint density at radius 1 is 1.00 bits per heavy atom. The fourth-order valence-electron chi connectivity index (χ4n) is 4.47. The Labute approximate surface area is 133 Å². The molecule has 4 heteroatoms. The van der Waals surface area contributed by atoms with E-state index < -0.39 is 5.97 Å². The van der Waals surface area contributed by atoms with Crippen molar-refractivity contribution in [2.75, 3.05) is 13.1 Å². The highest BCUT2D eigenvalue weighted by Gasteiger charge is 2.46. The van der Waals surface area contributed by atoms with Crippen molar-refractivity contribution in [1.82, 2.24) is 4.90 Å². The number of rotatable bonds is 6. The molecule has 2 atom stereocenters. The summed E-state index contributed by atoms with van der Waals surface area (Å²) in [5.41, 5.74) is 0. The van der Waals surface area contributed by atoms with Crippen LogP contribution in [0.3, 0.4) is 0 Å². The highest BCUT2D eigenvalue weighted by molar-refractivity contribution is 5.79. The zero-order chi connectivity index (χ0) is 15.5. The summed E-state index contributed by atoms with van der Waals surface area (Å²) < 4.78 is 0. The smallest absolute Gasteiger partial charge is 0.308 e. The number of nitrogens with zero attached hydrogens (tertiary/aromatic N) is 1. The van der Waals surface area contributed by atoms with E-state index in [1.54, 1.807) is 0 Å². The number of hydrogen-bond donors (Lipinski definition) is 1. The van der Waals surface area contributed by atoms with E-state index in [2.05, 4.69) is 0 Å². The summed E-state index contributed by atoms with van der Waals surface area (Å²) >= 11 is 0. The third kappa shape index (κ3) is 3.82. The third-order valence-electron chi connectivity index (χ3n) is 5.99. The van der Waals surface area contributed by atoms with E-state index in [9.17, 15) is 14.7 Å². The summed E-state index contributed by atoms with van der Waals surface area (Å²) in [7, 11) is 0. The minimum Gasteiger partial charge on any atom is -0.481 e. The first kappa shape index (κ1) is 15.8. The molecule has 3 fully saturated rings. The van der Waals surface area contributed by atoms with Gasteiger partial charge in [-0.3, -0.25) is 9.59 Å². The predicted octanol–water partition coefficient (Wildman–Crippen LogP) is 3.31. The van der Waals surface area contributed by atoms with Gasteiger partial charge in [0.05, 0.1) is 5.92 Å². The maximum atomic E-state index is 12.4. The van der Waals surface area contributed by atoms with E-state index in [0.717, 1.165) is 25.2 Å². The molecule has 3 aliphatic rings. The van der Waals surface area contributed by atoms with Gasteiger partial charge in [0.1, 0.15) is 0 Å². The van der Waals surface area contributed by atoms with Crippen LogP contribution in [0.1, 0.15) is 64.2 Å². The van der Waals surface area contributed by atoms with Gasteiger partial charge < -0.3 is 10.0 Å². The number of carboxylic acid groups (broad SMARTS) is 1. The van der Waals surface area contributed by atoms with Crippen molar-refractivity contribution in [1.29, 1.82) is 0 Å². The molecule has 2 aliphatic carbocycles. The van der Waals surface area contributed by atoms with E-state index in [1.807, 2.05) is 4.90 Å². The molecule has 0 aromatic rings. The van der Waals surface area contributed by atoms with Crippen LogP contribution in [0.25, 0.3) is 0 Å². The highest BCUT2D eigenvalue weighted by Crippen LogP contribution is 2.44. The van der Waals surface area contributed by atoms with Gasteiger partial charge in [0.25, 0.3) is 0 Å². The molecule has 0 bridgehead atoms. The van der Waals surface area contributed by atoms with Crippen LogP contribution in [0, 0.1) is 23.7 Å². The second kappa shape index (κ2) is 7.01. The number of amides is 1. The number of carbonyl (C=O) groups excluding carboxylic acids is 1. The van der Waals surface area contributed by atoms with Crippen molar-refractivity contribution in [2.24, 2.45) is 23.7 Å². The topological polar surface area (TPSA) is 57.6 Å². The number of carboxylic acids is 1. The number of likely N-dealkylation sites (tertiary alicyclic amines) is 1. The van der Waals surface area contributed by atoms with Crippen molar-refractivity contribution in [2.45, 2.75) is 64.2 Å². The Hall–Kier alpha value is -1.06. The fourth-order valence-corrected chi connectivity index (χ4v) is 4.47. The highest BCUT2D eigenvalue weighted by atomic mass is 16.4. The molecule has 0 radical (unpaired) electrons. The van der Waals surface area contributed by atoms with Gasteiger partial charge in [-0.2, -0.15) is 0 Å². The van der Waals surface area contributed by atoms with Gasteiger partial charge in [-0.1, -0.05) is 32.1 Å². The first-order valence-electron chi connectivity index (χ1n) is 9.15. The maximum Gasteiger partial charge on any atom is 0.308 e. The zero-order valence-corrected chi connectivity index (χ0v) is 13.5. The Balaban J connectivity index is 1.43. The largest absolute Gasteiger partial charge is 0.481 e. The molecule has 0 unspecified atom stereocenters. The first-order chi connectivity index (χ1) is 10.6. The van der Waals surface area contributed by atoms with Gasteiger partial charge in [0.2, 0.25) is 5.91 Å². The van der Waals surface area contributed by atoms with Crippen LogP contribution in [0.15, 0.2) is 0 Å². The second-order valence-corrected chi connectivity index (χ2v) is 7.64. The summed E-state index contributed by atoms with van der Waals surface area (Å²) in [6.07, 6.45) is 11.8. The Bertz CT molecular complexity index is 413. The molecule has 1 heterocycles. The molecule has 22 heavy (non-hydrogen) atoms. The number of aliphatic carboxylic acids is 1. The lowest BCUT2D eigenvalue weighted by atomic mass is 9.86. The van der Waals surface area contributed by atoms with E-state index >= 15 is 0 Å². The average molecular weight is 307 g/mol. The number of hydrogen-bond acceptors (Lipinski definition) is 2. The van der Waals surface area contributed by atoms with Gasteiger partial charge >= 0.3 is 5.97 Å². The van der Waals surface area contributed by atoms with Gasteiger partial charge in [-0.05, 0) is 43.4 Å². The molecule has 1 amide bonds. The van der Waals surface area contributed by atoms with Crippen LogP contribution in [0.2, 0.25) is 0 Å². The Morgan fingerprint density at radius 3 is 2.36 bits per heavy atom. The second-order valence-electron chi connectivity index (χ2n) is 7.64. The average Bonchev–Trinajstić information content (AvgIpc) is 3.26. The number of carbonyl (C=O) groups is 2. The van der Waals surface area contributed by atoms with Gasteiger partial charge in [0.15, 0.2) is 0 Å². The minimum atomic E-state index is -0.714. The lowest BCUT2D eigenvalue weighted by molar-refractivity contribution is -0.142. The molecule has 4 nitrogen and oxygen atoms in total. The molecule has 1 aliphatic heterocycles. The van der Waals surface area contributed by atoms with Crippen molar-refractivity contribution in [3.8, 4) is 0 Å². The molecule has 0 aromatic heterocycles. The normalized spacial score (nSPS) is 29.7. The molecular weight excluding hydrogens is 278 g/mol. The summed E-state index contributed by atoms with van der Waals surface area (Å²) in [4.78, 5) is 25.6. The minimum absolute atomic E-state index is 0.185. The van der Waals surface area contributed by atoms with Crippen LogP contribution < -0.4 is 0 Å². The summed E-state index contributed by atoms with van der Waals surface area (Å²) in [5, 5.41) is 9.37. The molecular formula is C18H29NO3. The maximum absolute atomic E-state index is 12.4. The monoisotopic (exact) mass is 307 g/mol. The molecule has 3 rings (SSSR count). The fraction of sp³-hybridized carbons (Fsp3) is 0.889. The van der Waals surface area contributed by atoms with E-state index in [4.69, 9.17) is 0 Å². The Morgan fingerprint density at radius 2 is 1.73 bits per heavy atom. The van der Waals surface area contributed by atoms with E-state index in [-0.39, 0.29) is 17.7 Å². The van der Waals surface area contributed by atoms with Crippen molar-refractivity contribution in [3.05, 3.63) is 0 Å². The summed E-state index contributed by atoms with van der Waals surface area (Å²) in [6.45, 7) is 1.13. The van der Waals surface area contributed by atoms with Crippen molar-refractivity contribution < 1.29 is 14.7 Å². The lowest BCUT2D eigenvalue weighted by Gasteiger charge is -2.22. The van der Waals surface area contributed by atoms with Gasteiger partial charge in [-0.25, -0.2) is 0 Å². The quantitative estimate of drug-likeness (QED) is 0.819. The van der Waals surface area contributed by atoms with Crippen LogP contribution in [0.4, 0.5) is 0 Å². The van der Waals surface area contributed by atoms with Crippen LogP contribution in [0.5, 0.6) is 0 Å². The molecule has 2 saturated carbocycles. The van der Waals surface area contributed by atoms with E-state index in [1.165, 1.54) is 38.5 Å². The van der Waals surface area contributed by atoms with Crippen LogP contribution in [-0.2, 0) is 9.59 Å². The SMILES string of the molecule is O=C(O)[C@H]1CN(C(=O)CCCC2CCCCC2)C[C@@H]1C1CC1. The standard InChI is InChI=1S/C18H29NO3/c20-17(8-4-7-13-5-2-1-3-6-13)19-11-15(14-9-10-14)16(12-19)18(21)22/h13-16H,1-12H2,(H,21,22)/t15-,16+/m1/s1. The van der Waals surface area contributed by atoms with Gasteiger partial charge in [0, 0.05) is 19.5 Å². The summed E-state index contributed by atoms with van der Waals surface area (Å²) in [5.74, 6) is 0.737. The molecule has 1 saturated heterocycles. The van der Waals surface area contributed by atoms with Crippen molar-refractivity contribution in [3.63, 3.8) is 0 Å². The van der Waals surface area contributed by atoms with Crippen LogP contribution in [-0.4, -0.2) is 35.0 Å².